The van der Waals surface area contributed by atoms with E-state index in [4.69, 9.17) is 0 Å². The molecule has 0 amide bonds. The number of hydrogen-bond acceptors (Lipinski definition) is 4. The predicted molar refractivity (Wildman–Crippen MR) is 87.6 cm³/mol. The van der Waals surface area contributed by atoms with Gasteiger partial charge in [-0.15, -0.1) is 0 Å². The van der Waals surface area contributed by atoms with E-state index >= 15 is 0 Å². The van der Waals surface area contributed by atoms with Crippen LogP contribution < -0.4 is 11.1 Å². The van der Waals surface area contributed by atoms with Crippen LogP contribution in [0.2, 0.25) is 0 Å². The summed E-state index contributed by atoms with van der Waals surface area (Å²) in [4.78, 5) is 34.0. The minimum atomic E-state index is -0.514. The number of H-pyrrole nitrogens is 2. The summed E-state index contributed by atoms with van der Waals surface area (Å²) in [6.45, 7) is 0. The molecule has 112 valence electrons. The van der Waals surface area contributed by atoms with Crippen molar-refractivity contribution in [1.29, 1.82) is 0 Å². The second kappa shape index (κ2) is 4.81. The Labute approximate surface area is 129 Å². The molecule has 0 atom stereocenters. The third kappa shape index (κ3) is 2.00. The van der Waals surface area contributed by atoms with Gasteiger partial charge < -0.3 is 15.1 Å². The molecular weight excluding hydrogens is 294 g/mol. The lowest BCUT2D eigenvalue weighted by atomic mass is 10.1. The van der Waals surface area contributed by atoms with Gasteiger partial charge in [-0.3, -0.25) is 9.59 Å². The largest absolute Gasteiger partial charge is 0.506 e. The summed E-state index contributed by atoms with van der Waals surface area (Å²) >= 11 is 0. The highest BCUT2D eigenvalue weighted by Crippen LogP contribution is 2.29. The fourth-order valence-corrected chi connectivity index (χ4v) is 2.65. The summed E-state index contributed by atoms with van der Waals surface area (Å²) in [6.07, 6.45) is 0. The van der Waals surface area contributed by atoms with Gasteiger partial charge in [0.15, 0.2) is 0 Å². The predicted octanol–water partition coefficient (Wildman–Crippen LogP) is 2.14. The average Bonchev–Trinajstić information content (AvgIpc) is 2.55. The molecule has 6 nitrogen and oxygen atoms in total. The Balaban J connectivity index is 2.11. The summed E-state index contributed by atoms with van der Waals surface area (Å²) in [6, 6.07) is 13.7. The van der Waals surface area contributed by atoms with Crippen LogP contribution in [0.25, 0.3) is 33.2 Å². The molecule has 23 heavy (non-hydrogen) atoms. The first-order valence-electron chi connectivity index (χ1n) is 6.98. The Morgan fingerprint density at radius 1 is 0.826 bits per heavy atom. The molecule has 2 heterocycles. The van der Waals surface area contributed by atoms with Crippen LogP contribution in [0.3, 0.4) is 0 Å². The molecule has 0 aliphatic heterocycles. The zero-order chi connectivity index (χ0) is 16.0. The van der Waals surface area contributed by atoms with Gasteiger partial charge in [0.2, 0.25) is 0 Å². The van der Waals surface area contributed by atoms with Crippen molar-refractivity contribution in [2.24, 2.45) is 0 Å². The number of hydrogen-bond donors (Lipinski definition) is 3. The summed E-state index contributed by atoms with van der Waals surface area (Å²) < 4.78 is 0. The molecule has 0 unspecified atom stereocenters. The van der Waals surface area contributed by atoms with Gasteiger partial charge >= 0.3 is 0 Å². The molecule has 0 saturated carbocycles. The zero-order valence-corrected chi connectivity index (χ0v) is 11.8. The monoisotopic (exact) mass is 305 g/mol. The minimum absolute atomic E-state index is 0.0400. The van der Waals surface area contributed by atoms with Crippen LogP contribution in [0.15, 0.2) is 58.1 Å². The minimum Gasteiger partial charge on any atom is -0.506 e. The summed E-state index contributed by atoms with van der Waals surface area (Å²) in [5, 5.41) is 11.4. The van der Waals surface area contributed by atoms with Crippen molar-refractivity contribution in [3.05, 3.63) is 69.2 Å². The topological polar surface area (TPSA) is 98.8 Å². The molecule has 0 bridgehead atoms. The van der Waals surface area contributed by atoms with E-state index in [1.54, 1.807) is 48.5 Å². The molecule has 2 aromatic heterocycles. The Morgan fingerprint density at radius 2 is 1.52 bits per heavy atom. The number of nitrogens with zero attached hydrogens (tertiary/aromatic N) is 1. The molecule has 4 rings (SSSR count). The Morgan fingerprint density at radius 3 is 2.35 bits per heavy atom. The van der Waals surface area contributed by atoms with E-state index in [0.717, 1.165) is 0 Å². The Bertz CT molecular complexity index is 1170. The van der Waals surface area contributed by atoms with Crippen LogP contribution in [-0.2, 0) is 0 Å². The number of rotatable bonds is 1. The number of nitrogens with one attached hydrogen (secondary N) is 2. The lowest BCUT2D eigenvalue weighted by Crippen LogP contribution is -2.15. The third-order valence-corrected chi connectivity index (χ3v) is 3.74. The summed E-state index contributed by atoms with van der Waals surface area (Å²) in [5.74, 6) is -0.166. The van der Waals surface area contributed by atoms with Crippen molar-refractivity contribution in [2.75, 3.05) is 0 Å². The molecule has 0 fully saturated rings. The van der Waals surface area contributed by atoms with Crippen LogP contribution in [0.5, 0.6) is 5.75 Å². The summed E-state index contributed by atoms with van der Waals surface area (Å²) in [7, 11) is 0. The molecule has 0 spiro atoms. The molecular formula is C17H11N3O3. The van der Waals surface area contributed by atoms with Crippen LogP contribution in [0, 0.1) is 0 Å². The second-order valence-corrected chi connectivity index (χ2v) is 5.15. The molecule has 6 heteroatoms. The highest BCUT2D eigenvalue weighted by molar-refractivity contribution is 5.91. The van der Waals surface area contributed by atoms with E-state index in [-0.39, 0.29) is 22.7 Å². The molecule has 3 N–H and O–H groups in total. The van der Waals surface area contributed by atoms with Gasteiger partial charge in [-0.2, -0.15) is 0 Å². The van der Waals surface area contributed by atoms with Crippen molar-refractivity contribution >= 4 is 21.8 Å². The van der Waals surface area contributed by atoms with Crippen LogP contribution >= 0.6 is 0 Å². The number of aromatic hydroxyl groups is 1. The van der Waals surface area contributed by atoms with E-state index in [1.165, 1.54) is 0 Å². The molecule has 0 radical (unpaired) electrons. The van der Waals surface area contributed by atoms with Crippen LogP contribution in [-0.4, -0.2) is 20.1 Å². The van der Waals surface area contributed by atoms with E-state index < -0.39 is 5.56 Å². The van der Waals surface area contributed by atoms with Crippen molar-refractivity contribution < 1.29 is 5.11 Å². The Kier molecular flexibility index (Phi) is 2.77. The normalized spacial score (nSPS) is 11.1. The van der Waals surface area contributed by atoms with Gasteiger partial charge in [0, 0.05) is 5.39 Å². The first-order valence-corrected chi connectivity index (χ1v) is 6.98. The lowest BCUT2D eigenvalue weighted by Gasteiger charge is -2.07. The standard InChI is InChI=1S/C17H11N3O3/c21-14-9-5-1-3-7-11(9)19-17(23)13(14)15-18-12-8-4-2-6-10(12)16(22)20-15/h1-8H,(H,18,20,22)(H2,19,21,23). The van der Waals surface area contributed by atoms with Gasteiger partial charge in [-0.05, 0) is 24.3 Å². The fraction of sp³-hybridized carbons (Fsp3) is 0. The van der Waals surface area contributed by atoms with Gasteiger partial charge in [-0.25, -0.2) is 4.98 Å². The molecule has 0 aliphatic rings. The fourth-order valence-electron chi connectivity index (χ4n) is 2.65. The Hall–Kier alpha value is -3.41. The molecule has 0 aliphatic carbocycles. The highest BCUT2D eigenvalue weighted by Gasteiger charge is 2.16. The van der Waals surface area contributed by atoms with Gasteiger partial charge in [-0.1, -0.05) is 24.3 Å². The van der Waals surface area contributed by atoms with E-state index in [9.17, 15) is 14.7 Å². The number of fused-ring (bicyclic) bond motifs is 2. The van der Waals surface area contributed by atoms with Crippen molar-refractivity contribution in [3.63, 3.8) is 0 Å². The van der Waals surface area contributed by atoms with Crippen molar-refractivity contribution in [1.82, 2.24) is 15.0 Å². The third-order valence-electron chi connectivity index (χ3n) is 3.74. The number of benzene rings is 2. The molecule has 4 aromatic rings. The van der Waals surface area contributed by atoms with Gasteiger partial charge in [0.05, 0.1) is 16.4 Å². The SMILES string of the molecule is O=c1[nH]c2ccccc2c(O)c1-c1nc2ccccc2c(=O)[nH]1. The number of aromatic amines is 2. The van der Waals surface area contributed by atoms with Crippen molar-refractivity contribution in [2.45, 2.75) is 0 Å². The smallest absolute Gasteiger partial charge is 0.263 e. The van der Waals surface area contributed by atoms with Crippen LogP contribution in [0.1, 0.15) is 0 Å². The number of aromatic nitrogens is 3. The lowest BCUT2D eigenvalue weighted by molar-refractivity contribution is 0.482. The first kappa shape index (κ1) is 13.3. The average molecular weight is 305 g/mol. The number of para-hydroxylation sites is 2. The maximum absolute atomic E-state index is 12.3. The maximum Gasteiger partial charge on any atom is 0.263 e. The van der Waals surface area contributed by atoms with E-state index in [2.05, 4.69) is 15.0 Å². The maximum atomic E-state index is 12.3. The quantitative estimate of drug-likeness (QED) is 0.501. The summed E-state index contributed by atoms with van der Waals surface area (Å²) in [5.41, 5.74) is 0.0452. The number of pyridine rings is 1. The molecule has 0 saturated heterocycles. The van der Waals surface area contributed by atoms with Gasteiger partial charge in [0.1, 0.15) is 17.1 Å². The second-order valence-electron chi connectivity index (χ2n) is 5.15. The molecule has 2 aromatic carbocycles. The van der Waals surface area contributed by atoms with Gasteiger partial charge in [0.25, 0.3) is 11.1 Å². The first-order chi connectivity index (χ1) is 11.1. The van der Waals surface area contributed by atoms with Crippen LogP contribution in [0.4, 0.5) is 0 Å². The van der Waals surface area contributed by atoms with E-state index in [0.29, 0.717) is 21.8 Å². The zero-order valence-electron chi connectivity index (χ0n) is 11.8. The van der Waals surface area contributed by atoms with E-state index in [1.807, 2.05) is 0 Å². The highest BCUT2D eigenvalue weighted by atomic mass is 16.3. The van der Waals surface area contributed by atoms with Crippen molar-refractivity contribution in [3.8, 4) is 17.1 Å².